The number of hydrogen-bond acceptors (Lipinski definition) is 8. The van der Waals surface area contributed by atoms with E-state index in [2.05, 4.69) is 25.5 Å². The molecule has 0 aliphatic heterocycles. The van der Waals surface area contributed by atoms with Crippen molar-refractivity contribution >= 4 is 17.5 Å². The van der Waals surface area contributed by atoms with E-state index in [4.69, 9.17) is 19.9 Å². The van der Waals surface area contributed by atoms with Crippen LogP contribution in [-0.4, -0.2) is 40.5 Å². The quantitative estimate of drug-likeness (QED) is 0.282. The number of alkyl halides is 3. The van der Waals surface area contributed by atoms with Crippen LogP contribution in [0.5, 0.6) is 17.4 Å². The van der Waals surface area contributed by atoms with Gasteiger partial charge in [0.05, 0.1) is 12.2 Å². The van der Waals surface area contributed by atoms with Crippen LogP contribution in [0.2, 0.25) is 0 Å². The van der Waals surface area contributed by atoms with Gasteiger partial charge in [-0.1, -0.05) is 6.07 Å². The van der Waals surface area contributed by atoms with Gasteiger partial charge in [0.15, 0.2) is 5.82 Å². The maximum atomic E-state index is 12.9. The number of rotatable bonds is 9. The van der Waals surface area contributed by atoms with Crippen LogP contribution < -0.4 is 20.5 Å². The first-order valence-corrected chi connectivity index (χ1v) is 10.3. The Morgan fingerprint density at radius 2 is 1.77 bits per heavy atom. The zero-order valence-corrected chi connectivity index (χ0v) is 18.5. The maximum absolute atomic E-state index is 12.9. The van der Waals surface area contributed by atoms with Crippen molar-refractivity contribution in [2.24, 2.45) is 0 Å². The molecule has 0 bridgehead atoms. The molecule has 0 unspecified atom stereocenters. The largest absolute Gasteiger partial charge is 0.475 e. The molecule has 4 N–H and O–H groups in total. The van der Waals surface area contributed by atoms with Crippen molar-refractivity contribution < 1.29 is 27.4 Å². The number of benzene rings is 2. The molecule has 4 aromatic rings. The van der Waals surface area contributed by atoms with E-state index in [0.29, 0.717) is 42.0 Å². The van der Waals surface area contributed by atoms with Gasteiger partial charge in [-0.05, 0) is 42.5 Å². The molecular formula is C23H21F3N6O3. The van der Waals surface area contributed by atoms with Gasteiger partial charge in [0.2, 0.25) is 11.8 Å². The van der Waals surface area contributed by atoms with Crippen LogP contribution in [0.15, 0.2) is 60.7 Å². The van der Waals surface area contributed by atoms with Crippen LogP contribution in [0.3, 0.4) is 0 Å². The number of aromatic nitrogens is 4. The summed E-state index contributed by atoms with van der Waals surface area (Å²) in [5, 5.41) is 10.8. The molecule has 0 aliphatic rings. The highest BCUT2D eigenvalue weighted by Crippen LogP contribution is 2.31. The third-order valence-corrected chi connectivity index (χ3v) is 4.64. The van der Waals surface area contributed by atoms with Crippen molar-refractivity contribution in [3.05, 3.63) is 66.2 Å². The predicted molar refractivity (Wildman–Crippen MR) is 123 cm³/mol. The first-order valence-electron chi connectivity index (χ1n) is 10.3. The summed E-state index contributed by atoms with van der Waals surface area (Å²) in [6.45, 7) is 0.732. The van der Waals surface area contributed by atoms with E-state index in [1.54, 1.807) is 43.5 Å². The number of hydrogen-bond donors (Lipinski definition) is 3. The van der Waals surface area contributed by atoms with Crippen LogP contribution in [0.25, 0.3) is 11.4 Å². The highest BCUT2D eigenvalue weighted by molar-refractivity contribution is 5.60. The van der Waals surface area contributed by atoms with E-state index in [0.717, 1.165) is 12.1 Å². The average molecular weight is 486 g/mol. The third kappa shape index (κ3) is 6.38. The molecule has 9 nitrogen and oxygen atoms in total. The van der Waals surface area contributed by atoms with Crippen LogP contribution in [0.1, 0.15) is 5.56 Å². The second kappa shape index (κ2) is 10.3. The van der Waals surface area contributed by atoms with Gasteiger partial charge in [-0.2, -0.15) is 18.2 Å². The Hall–Kier alpha value is -4.32. The molecule has 0 amide bonds. The number of methoxy groups -OCH3 is 1. The lowest BCUT2D eigenvalue weighted by Gasteiger charge is -2.10. The van der Waals surface area contributed by atoms with Gasteiger partial charge >= 0.3 is 6.18 Å². The molecule has 0 atom stereocenters. The molecule has 12 heteroatoms. The summed E-state index contributed by atoms with van der Waals surface area (Å²) < 4.78 is 55.0. The molecule has 2 aromatic heterocycles. The number of halogens is 3. The molecule has 0 fully saturated rings. The fourth-order valence-corrected chi connectivity index (χ4v) is 3.04. The summed E-state index contributed by atoms with van der Waals surface area (Å²) in [6.07, 6.45) is -4.44. The Balaban J connectivity index is 1.42. The zero-order valence-electron chi connectivity index (χ0n) is 18.5. The minimum Gasteiger partial charge on any atom is -0.475 e. The molecule has 0 aliphatic carbocycles. The Bertz CT molecular complexity index is 1280. The summed E-state index contributed by atoms with van der Waals surface area (Å²) >= 11 is 0. The standard InChI is InChI=1S/C23H21F3N6O3/c1-33-9-10-34-20-13-18(12-19(27)29-20)35-17-7-5-14(6-8-17)21-30-22(32-31-21)28-16-4-2-3-15(11-16)23(24,25)26/h2-8,11-13H,9-10H2,1H3,(H2,27,29)(H2,28,30,31,32). The smallest absolute Gasteiger partial charge is 0.416 e. The van der Waals surface area contributed by atoms with Crippen molar-refractivity contribution in [1.29, 1.82) is 0 Å². The topological polar surface area (TPSA) is 120 Å². The van der Waals surface area contributed by atoms with E-state index in [9.17, 15) is 13.2 Å². The lowest BCUT2D eigenvalue weighted by molar-refractivity contribution is -0.137. The normalized spacial score (nSPS) is 11.3. The minimum absolute atomic E-state index is 0.202. The van der Waals surface area contributed by atoms with E-state index in [-0.39, 0.29) is 17.5 Å². The van der Waals surface area contributed by atoms with E-state index in [1.807, 2.05) is 0 Å². The van der Waals surface area contributed by atoms with Gasteiger partial charge in [-0.15, -0.1) is 10.2 Å². The lowest BCUT2D eigenvalue weighted by atomic mass is 10.2. The first-order chi connectivity index (χ1) is 16.8. The first kappa shape index (κ1) is 23.8. The minimum atomic E-state index is -4.44. The Kier molecular flexibility index (Phi) is 7.01. The molecule has 35 heavy (non-hydrogen) atoms. The third-order valence-electron chi connectivity index (χ3n) is 4.64. The van der Waals surface area contributed by atoms with Crippen molar-refractivity contribution in [2.75, 3.05) is 31.4 Å². The van der Waals surface area contributed by atoms with Gasteiger partial charge in [0.1, 0.15) is 23.9 Å². The van der Waals surface area contributed by atoms with Crippen LogP contribution in [0, 0.1) is 0 Å². The molecule has 0 spiro atoms. The number of nitrogen functional groups attached to an aromatic ring is 1. The number of pyridine rings is 1. The van der Waals surface area contributed by atoms with Crippen molar-refractivity contribution in [3.63, 3.8) is 0 Å². The van der Waals surface area contributed by atoms with Crippen molar-refractivity contribution in [3.8, 4) is 28.8 Å². The molecule has 2 heterocycles. The summed E-state index contributed by atoms with van der Waals surface area (Å²) in [5.74, 6) is 2.17. The lowest BCUT2D eigenvalue weighted by Crippen LogP contribution is -2.06. The Labute approximate surface area is 198 Å². The highest BCUT2D eigenvalue weighted by Gasteiger charge is 2.30. The van der Waals surface area contributed by atoms with Gasteiger partial charge in [-0.3, -0.25) is 0 Å². The summed E-state index contributed by atoms with van der Waals surface area (Å²) in [4.78, 5) is 7.03. The number of nitrogens with zero attached hydrogens (tertiary/aromatic N) is 3. The molecule has 0 saturated carbocycles. The number of nitrogens with two attached hydrogens (primary N) is 1. The van der Waals surface area contributed by atoms with E-state index >= 15 is 0 Å². The number of ether oxygens (including phenoxy) is 3. The molecular weight excluding hydrogens is 465 g/mol. The van der Waals surface area contributed by atoms with E-state index in [1.165, 1.54) is 12.1 Å². The van der Waals surface area contributed by atoms with Crippen LogP contribution in [0.4, 0.5) is 30.6 Å². The van der Waals surface area contributed by atoms with Crippen molar-refractivity contribution in [2.45, 2.75) is 6.18 Å². The van der Waals surface area contributed by atoms with Gasteiger partial charge < -0.3 is 30.2 Å². The predicted octanol–water partition coefficient (Wildman–Crippen LogP) is 5.03. The monoisotopic (exact) mass is 486 g/mol. The fraction of sp³-hybridized carbons (Fsp3) is 0.174. The van der Waals surface area contributed by atoms with Gasteiger partial charge in [-0.25, -0.2) is 0 Å². The van der Waals surface area contributed by atoms with Gasteiger partial charge in [0.25, 0.3) is 0 Å². The van der Waals surface area contributed by atoms with Crippen LogP contribution in [-0.2, 0) is 10.9 Å². The molecule has 4 rings (SSSR count). The second-order valence-electron chi connectivity index (χ2n) is 7.26. The van der Waals surface area contributed by atoms with E-state index < -0.39 is 11.7 Å². The fourth-order valence-electron chi connectivity index (χ4n) is 3.04. The molecule has 2 aromatic carbocycles. The summed E-state index contributed by atoms with van der Waals surface area (Å²) in [5.41, 5.74) is 5.98. The highest BCUT2D eigenvalue weighted by atomic mass is 19.4. The van der Waals surface area contributed by atoms with Crippen molar-refractivity contribution in [1.82, 2.24) is 20.2 Å². The number of H-pyrrole nitrogens is 1. The zero-order chi connectivity index (χ0) is 24.8. The number of anilines is 3. The number of aromatic amines is 1. The average Bonchev–Trinajstić information content (AvgIpc) is 3.27. The Morgan fingerprint density at radius 1 is 0.971 bits per heavy atom. The number of nitrogens with one attached hydrogen (secondary N) is 2. The molecule has 182 valence electrons. The van der Waals surface area contributed by atoms with Crippen LogP contribution >= 0.6 is 0 Å². The molecule has 0 saturated heterocycles. The summed E-state index contributed by atoms with van der Waals surface area (Å²) in [7, 11) is 1.57. The molecule has 0 radical (unpaired) electrons. The second-order valence-corrected chi connectivity index (χ2v) is 7.26. The summed E-state index contributed by atoms with van der Waals surface area (Å²) in [6, 6.07) is 14.9. The maximum Gasteiger partial charge on any atom is 0.416 e. The van der Waals surface area contributed by atoms with Gasteiger partial charge in [0, 0.05) is 30.5 Å². The SMILES string of the molecule is COCCOc1cc(Oc2ccc(-c3nnc(Nc4cccc(C(F)(F)F)c4)[nH]3)cc2)cc(N)n1. The Morgan fingerprint density at radius 3 is 2.51 bits per heavy atom.